The molecule has 0 fully saturated rings. The highest BCUT2D eigenvalue weighted by atomic mass is 16.1. The Morgan fingerprint density at radius 2 is 2.05 bits per heavy atom. The van der Waals surface area contributed by atoms with E-state index in [9.17, 15) is 4.79 Å². The van der Waals surface area contributed by atoms with E-state index in [-0.39, 0.29) is 23.6 Å². The molecule has 8 heteroatoms. The van der Waals surface area contributed by atoms with Crippen molar-refractivity contribution in [2.45, 2.75) is 40.2 Å². The number of carbonyl (C=O) groups excluding carboxylic acids is 1. The van der Waals surface area contributed by atoms with E-state index in [1.807, 2.05) is 0 Å². The molecule has 0 aliphatic heterocycles. The average molecular weight is 303 g/mol. The third kappa shape index (κ3) is 4.00. The van der Waals surface area contributed by atoms with E-state index in [0.717, 1.165) is 12.1 Å². The van der Waals surface area contributed by atoms with Crippen molar-refractivity contribution in [3.05, 3.63) is 29.1 Å². The maximum atomic E-state index is 12.3. The van der Waals surface area contributed by atoms with Gasteiger partial charge in [-0.25, -0.2) is 15.0 Å². The third-order valence-electron chi connectivity index (χ3n) is 3.00. The minimum Gasteiger partial charge on any atom is -0.368 e. The molecule has 0 aliphatic carbocycles. The molecule has 0 bridgehead atoms. The normalized spacial score (nSPS) is 12.4. The van der Waals surface area contributed by atoms with Crippen molar-refractivity contribution >= 4 is 11.9 Å². The lowest BCUT2D eigenvalue weighted by molar-refractivity contribution is 0.0933. The first-order chi connectivity index (χ1) is 10.3. The summed E-state index contributed by atoms with van der Waals surface area (Å²) < 4.78 is 0. The Morgan fingerprint density at radius 3 is 2.64 bits per heavy atom. The van der Waals surface area contributed by atoms with Crippen LogP contribution in [0.25, 0.3) is 0 Å². The summed E-state index contributed by atoms with van der Waals surface area (Å²) in [6.07, 6.45) is 0.739. The van der Waals surface area contributed by atoms with Crippen LogP contribution < -0.4 is 11.1 Å². The zero-order chi connectivity index (χ0) is 16.3. The Morgan fingerprint density at radius 1 is 1.32 bits per heavy atom. The van der Waals surface area contributed by atoms with Gasteiger partial charge in [0, 0.05) is 5.69 Å². The number of nitrogens with two attached hydrogens (primary N) is 1. The summed E-state index contributed by atoms with van der Waals surface area (Å²) in [5.74, 6) is 1.41. The minimum atomic E-state index is -0.331. The fourth-order valence-electron chi connectivity index (χ4n) is 2.05. The van der Waals surface area contributed by atoms with Crippen molar-refractivity contribution in [3.8, 4) is 0 Å². The van der Waals surface area contributed by atoms with E-state index in [2.05, 4.69) is 44.3 Å². The first kappa shape index (κ1) is 15.9. The minimum absolute atomic E-state index is 0.102. The van der Waals surface area contributed by atoms with Crippen LogP contribution in [0.5, 0.6) is 0 Å². The standard InChI is InChI=1S/C14H21N7O/c1-7(2)5-10-6-11(19-14(15)18-10)13(22)16-8(3)12-17-9(4)20-21-12/h6-8H,5H2,1-4H3,(H,16,22)(H2,15,18,19)(H,17,20,21). The van der Waals surface area contributed by atoms with Crippen LogP contribution in [-0.2, 0) is 6.42 Å². The van der Waals surface area contributed by atoms with Crippen LogP contribution in [0.1, 0.15) is 54.6 Å². The molecule has 0 spiro atoms. The van der Waals surface area contributed by atoms with E-state index in [1.165, 1.54) is 0 Å². The summed E-state index contributed by atoms with van der Waals surface area (Å²) in [6, 6.07) is 1.34. The van der Waals surface area contributed by atoms with Gasteiger partial charge in [0.25, 0.3) is 5.91 Å². The summed E-state index contributed by atoms with van der Waals surface area (Å²) in [4.78, 5) is 24.6. The second-order valence-corrected chi connectivity index (χ2v) is 5.67. The van der Waals surface area contributed by atoms with Crippen molar-refractivity contribution < 1.29 is 4.79 Å². The number of hydrogen-bond donors (Lipinski definition) is 3. The second kappa shape index (κ2) is 6.50. The first-order valence-electron chi connectivity index (χ1n) is 7.18. The van der Waals surface area contributed by atoms with Gasteiger partial charge in [0.05, 0.1) is 6.04 Å². The molecule has 118 valence electrons. The maximum Gasteiger partial charge on any atom is 0.270 e. The fraction of sp³-hybridized carbons (Fsp3) is 0.500. The van der Waals surface area contributed by atoms with Gasteiger partial charge in [-0.2, -0.15) is 5.10 Å². The largest absolute Gasteiger partial charge is 0.368 e. The van der Waals surface area contributed by atoms with Gasteiger partial charge in [0.15, 0.2) is 5.82 Å². The van der Waals surface area contributed by atoms with E-state index in [4.69, 9.17) is 5.73 Å². The lowest BCUT2D eigenvalue weighted by atomic mass is 10.1. The van der Waals surface area contributed by atoms with Crippen molar-refractivity contribution in [2.24, 2.45) is 5.92 Å². The van der Waals surface area contributed by atoms with Gasteiger partial charge < -0.3 is 11.1 Å². The van der Waals surface area contributed by atoms with Crippen LogP contribution in [0.2, 0.25) is 0 Å². The van der Waals surface area contributed by atoms with E-state index in [0.29, 0.717) is 17.6 Å². The Kier molecular flexibility index (Phi) is 4.69. The van der Waals surface area contributed by atoms with Crippen LogP contribution >= 0.6 is 0 Å². The molecule has 4 N–H and O–H groups in total. The Labute approximate surface area is 129 Å². The number of H-pyrrole nitrogens is 1. The molecular weight excluding hydrogens is 282 g/mol. The monoisotopic (exact) mass is 303 g/mol. The highest BCUT2D eigenvalue weighted by molar-refractivity contribution is 5.92. The van der Waals surface area contributed by atoms with Gasteiger partial charge in [-0.05, 0) is 32.3 Å². The molecule has 1 unspecified atom stereocenters. The van der Waals surface area contributed by atoms with Crippen molar-refractivity contribution in [3.63, 3.8) is 0 Å². The Hall–Kier alpha value is -2.51. The van der Waals surface area contributed by atoms with Gasteiger partial charge >= 0.3 is 0 Å². The Bertz CT molecular complexity index is 665. The molecule has 1 amide bonds. The third-order valence-corrected chi connectivity index (χ3v) is 3.00. The van der Waals surface area contributed by atoms with Gasteiger partial charge in [-0.15, -0.1) is 0 Å². The number of rotatable bonds is 5. The number of hydrogen-bond acceptors (Lipinski definition) is 6. The van der Waals surface area contributed by atoms with Crippen LogP contribution in [0.15, 0.2) is 6.07 Å². The summed E-state index contributed by atoms with van der Waals surface area (Å²) in [7, 11) is 0. The molecule has 8 nitrogen and oxygen atoms in total. The highest BCUT2D eigenvalue weighted by Gasteiger charge is 2.17. The predicted molar refractivity (Wildman–Crippen MR) is 82.0 cm³/mol. The van der Waals surface area contributed by atoms with Crippen LogP contribution in [0, 0.1) is 12.8 Å². The van der Waals surface area contributed by atoms with Crippen molar-refractivity contribution in [1.29, 1.82) is 0 Å². The first-order valence-corrected chi connectivity index (χ1v) is 7.18. The van der Waals surface area contributed by atoms with Crippen LogP contribution in [0.3, 0.4) is 0 Å². The molecule has 2 rings (SSSR count). The van der Waals surface area contributed by atoms with Gasteiger partial charge in [-0.1, -0.05) is 13.8 Å². The molecule has 0 aromatic carbocycles. The smallest absolute Gasteiger partial charge is 0.270 e. The number of amides is 1. The molecule has 2 heterocycles. The topological polar surface area (TPSA) is 122 Å². The van der Waals surface area contributed by atoms with Crippen molar-refractivity contribution in [2.75, 3.05) is 5.73 Å². The summed E-state index contributed by atoms with van der Waals surface area (Å²) in [5.41, 5.74) is 6.70. The summed E-state index contributed by atoms with van der Waals surface area (Å²) in [5, 5.41) is 9.58. The number of anilines is 1. The zero-order valence-electron chi connectivity index (χ0n) is 13.2. The number of aryl methyl sites for hydroxylation is 1. The van der Waals surface area contributed by atoms with Gasteiger partial charge in [0.1, 0.15) is 11.5 Å². The number of nitrogens with zero attached hydrogens (tertiary/aromatic N) is 4. The number of nitrogen functional groups attached to an aromatic ring is 1. The average Bonchev–Trinajstić information content (AvgIpc) is 2.84. The maximum absolute atomic E-state index is 12.3. The highest BCUT2D eigenvalue weighted by Crippen LogP contribution is 2.11. The number of carbonyl (C=O) groups is 1. The molecule has 22 heavy (non-hydrogen) atoms. The predicted octanol–water partition coefficient (Wildman–Crippen LogP) is 1.17. The fourth-order valence-corrected chi connectivity index (χ4v) is 2.05. The van der Waals surface area contributed by atoms with E-state index < -0.39 is 0 Å². The number of aromatic amines is 1. The molecule has 0 saturated carbocycles. The quantitative estimate of drug-likeness (QED) is 0.762. The van der Waals surface area contributed by atoms with Crippen molar-refractivity contribution in [1.82, 2.24) is 30.5 Å². The SMILES string of the molecule is Cc1nc(C(C)NC(=O)c2cc(CC(C)C)nc(N)n2)n[nH]1. The van der Waals surface area contributed by atoms with E-state index in [1.54, 1.807) is 19.9 Å². The number of aromatic nitrogens is 5. The van der Waals surface area contributed by atoms with Crippen LogP contribution in [0.4, 0.5) is 5.95 Å². The van der Waals surface area contributed by atoms with E-state index >= 15 is 0 Å². The lowest BCUT2D eigenvalue weighted by Crippen LogP contribution is -2.28. The molecule has 1 atom stereocenters. The Balaban J connectivity index is 2.13. The summed E-state index contributed by atoms with van der Waals surface area (Å²) >= 11 is 0. The molecule has 0 radical (unpaired) electrons. The molecular formula is C14H21N7O. The second-order valence-electron chi connectivity index (χ2n) is 5.67. The van der Waals surface area contributed by atoms with Crippen LogP contribution in [-0.4, -0.2) is 31.1 Å². The molecule has 0 aliphatic rings. The molecule has 2 aromatic heterocycles. The zero-order valence-corrected chi connectivity index (χ0v) is 13.2. The summed E-state index contributed by atoms with van der Waals surface area (Å²) in [6.45, 7) is 7.76. The van der Waals surface area contributed by atoms with Gasteiger partial charge in [0.2, 0.25) is 5.95 Å². The lowest BCUT2D eigenvalue weighted by Gasteiger charge is -2.11. The molecule has 0 saturated heterocycles. The van der Waals surface area contributed by atoms with Gasteiger partial charge in [-0.3, -0.25) is 9.89 Å². The molecule has 2 aromatic rings. The number of nitrogens with one attached hydrogen (secondary N) is 2.